The van der Waals surface area contributed by atoms with Crippen LogP contribution in [0.3, 0.4) is 0 Å². The fourth-order valence-electron chi connectivity index (χ4n) is 3.75. The quantitative estimate of drug-likeness (QED) is 0.618. The molecule has 0 radical (unpaired) electrons. The molecule has 2 rings (SSSR count). The molecular weight excluding hydrogens is 412 g/mol. The smallest absolute Gasteiger partial charge is 0.244 e. The molecule has 2 aromatic rings. The molecule has 2 atom stereocenters. The third-order valence-corrected chi connectivity index (χ3v) is 6.62. The summed E-state index contributed by atoms with van der Waals surface area (Å²) in [6.45, 7) is 12.2. The number of aryl methyl sites for hydroxylation is 3. The van der Waals surface area contributed by atoms with Gasteiger partial charge >= 0.3 is 0 Å². The zero-order chi connectivity index (χ0) is 23.3. The monoisotopic (exact) mass is 446 g/mol. The van der Waals surface area contributed by atoms with E-state index in [1.807, 2.05) is 34.6 Å². The predicted molar refractivity (Wildman–Crippen MR) is 126 cm³/mol. The lowest BCUT2D eigenvalue weighted by molar-refractivity contribution is -0.122. The highest BCUT2D eigenvalue weighted by Gasteiger charge is 2.32. The number of anilines is 1. The Kier molecular flexibility index (Phi) is 8.12. The van der Waals surface area contributed by atoms with Crippen LogP contribution >= 0.6 is 0 Å². The molecular formula is C24H34N2O4S. The fourth-order valence-corrected chi connectivity index (χ4v) is 4.96. The second-order valence-corrected chi connectivity index (χ2v) is 9.79. The van der Waals surface area contributed by atoms with Crippen LogP contribution < -0.4 is 14.4 Å². The summed E-state index contributed by atoms with van der Waals surface area (Å²) in [4.78, 5) is 13.2. The van der Waals surface area contributed by atoms with Crippen molar-refractivity contribution in [1.82, 2.24) is 5.32 Å². The second-order valence-electron chi connectivity index (χ2n) is 7.93. The molecule has 0 saturated heterocycles. The molecule has 0 heterocycles. The number of ether oxygens (including phenoxy) is 1. The van der Waals surface area contributed by atoms with Crippen molar-refractivity contribution in [2.75, 3.05) is 17.2 Å². The van der Waals surface area contributed by atoms with Crippen molar-refractivity contribution < 1.29 is 17.9 Å². The van der Waals surface area contributed by atoms with Crippen LogP contribution in [0.1, 0.15) is 55.5 Å². The lowest BCUT2D eigenvalue weighted by Crippen LogP contribution is -2.49. The first kappa shape index (κ1) is 24.7. The first-order chi connectivity index (χ1) is 14.5. The third kappa shape index (κ3) is 6.00. The minimum absolute atomic E-state index is 0.248. The molecule has 0 saturated carbocycles. The molecule has 0 fully saturated rings. The Balaban J connectivity index is 2.33. The maximum Gasteiger partial charge on any atom is 0.244 e. The second kappa shape index (κ2) is 10.2. The van der Waals surface area contributed by atoms with Crippen molar-refractivity contribution in [3.8, 4) is 5.75 Å². The van der Waals surface area contributed by atoms with Crippen LogP contribution in [0.5, 0.6) is 5.75 Å². The summed E-state index contributed by atoms with van der Waals surface area (Å²) in [5.41, 5.74) is 4.91. The normalized spacial score (nSPS) is 13.4. The van der Waals surface area contributed by atoms with Gasteiger partial charge in [0.15, 0.2) is 0 Å². The summed E-state index contributed by atoms with van der Waals surface area (Å²) >= 11 is 0. The topological polar surface area (TPSA) is 75.7 Å². The van der Waals surface area contributed by atoms with Gasteiger partial charge in [-0.3, -0.25) is 9.10 Å². The van der Waals surface area contributed by atoms with Gasteiger partial charge in [-0.2, -0.15) is 0 Å². The molecule has 2 unspecified atom stereocenters. The number of benzene rings is 2. The van der Waals surface area contributed by atoms with Crippen molar-refractivity contribution in [3.05, 3.63) is 58.7 Å². The Bertz CT molecular complexity index is 1020. The number of amides is 1. The van der Waals surface area contributed by atoms with Crippen LogP contribution in [0, 0.1) is 20.8 Å². The van der Waals surface area contributed by atoms with Crippen LogP contribution in [0.15, 0.2) is 36.4 Å². The number of carbonyl (C=O) groups excluding carboxylic acids is 1. The largest absolute Gasteiger partial charge is 0.494 e. The van der Waals surface area contributed by atoms with Gasteiger partial charge in [-0.25, -0.2) is 8.42 Å². The summed E-state index contributed by atoms with van der Waals surface area (Å²) < 4.78 is 31.9. The van der Waals surface area contributed by atoms with E-state index in [0.29, 0.717) is 24.5 Å². The van der Waals surface area contributed by atoms with E-state index in [2.05, 4.69) is 24.4 Å². The Morgan fingerprint density at radius 2 is 1.61 bits per heavy atom. The van der Waals surface area contributed by atoms with Crippen LogP contribution in [0.4, 0.5) is 5.69 Å². The number of hydrogen-bond donors (Lipinski definition) is 1. The van der Waals surface area contributed by atoms with E-state index in [-0.39, 0.29) is 11.9 Å². The van der Waals surface area contributed by atoms with Gasteiger partial charge in [-0.1, -0.05) is 19.1 Å². The summed E-state index contributed by atoms with van der Waals surface area (Å²) in [7, 11) is -3.69. The van der Waals surface area contributed by atoms with E-state index in [4.69, 9.17) is 4.74 Å². The SMILES string of the molecule is CCOc1ccc(N(C(CC)C(=O)NC(C)c2cc(C)c(C)cc2C)S(C)(=O)=O)cc1. The van der Waals surface area contributed by atoms with Crippen LogP contribution in [0.2, 0.25) is 0 Å². The van der Waals surface area contributed by atoms with Crippen LogP contribution in [0.25, 0.3) is 0 Å². The minimum atomic E-state index is -3.69. The van der Waals surface area contributed by atoms with E-state index in [1.54, 1.807) is 24.3 Å². The summed E-state index contributed by atoms with van der Waals surface area (Å²) in [5, 5.41) is 3.02. The highest BCUT2D eigenvalue weighted by Crippen LogP contribution is 2.26. The molecule has 31 heavy (non-hydrogen) atoms. The zero-order valence-corrected chi connectivity index (χ0v) is 20.3. The van der Waals surface area contributed by atoms with Gasteiger partial charge in [0.1, 0.15) is 11.8 Å². The Hall–Kier alpha value is -2.54. The molecule has 0 spiro atoms. The zero-order valence-electron chi connectivity index (χ0n) is 19.5. The van der Waals surface area contributed by atoms with Gasteiger partial charge in [-0.05, 0) is 87.6 Å². The summed E-state index contributed by atoms with van der Waals surface area (Å²) in [6, 6.07) is 9.83. The average molecular weight is 447 g/mol. The molecule has 6 nitrogen and oxygen atoms in total. The van der Waals surface area contributed by atoms with E-state index >= 15 is 0 Å². The van der Waals surface area contributed by atoms with Gasteiger partial charge in [0.2, 0.25) is 15.9 Å². The predicted octanol–water partition coefficient (Wildman–Crippen LogP) is 4.43. The molecule has 0 aliphatic heterocycles. The maximum atomic E-state index is 13.2. The third-order valence-electron chi connectivity index (χ3n) is 5.44. The van der Waals surface area contributed by atoms with Gasteiger partial charge in [0.05, 0.1) is 24.6 Å². The number of rotatable bonds is 9. The van der Waals surface area contributed by atoms with Crippen molar-refractivity contribution in [1.29, 1.82) is 0 Å². The first-order valence-corrected chi connectivity index (χ1v) is 12.4. The van der Waals surface area contributed by atoms with Crippen molar-refractivity contribution in [3.63, 3.8) is 0 Å². The van der Waals surface area contributed by atoms with Gasteiger partial charge < -0.3 is 10.1 Å². The molecule has 1 N–H and O–H groups in total. The maximum absolute atomic E-state index is 13.2. The van der Waals surface area contributed by atoms with Crippen molar-refractivity contribution >= 4 is 21.6 Å². The van der Waals surface area contributed by atoms with E-state index in [9.17, 15) is 13.2 Å². The molecule has 2 aromatic carbocycles. The average Bonchev–Trinajstić information content (AvgIpc) is 2.68. The van der Waals surface area contributed by atoms with Crippen molar-refractivity contribution in [2.24, 2.45) is 0 Å². The summed E-state index contributed by atoms with van der Waals surface area (Å²) in [5.74, 6) is 0.322. The standard InChI is InChI=1S/C24H34N2O4S/c1-8-23(24(27)25-19(6)22-15-17(4)16(3)14-18(22)5)26(31(7,28)29)20-10-12-21(13-11-20)30-9-2/h10-15,19,23H,8-9H2,1-7H3,(H,25,27). The number of nitrogens with one attached hydrogen (secondary N) is 1. The molecule has 0 bridgehead atoms. The number of hydrogen-bond acceptors (Lipinski definition) is 4. The van der Waals surface area contributed by atoms with E-state index in [1.165, 1.54) is 9.87 Å². The van der Waals surface area contributed by atoms with Crippen LogP contribution in [-0.2, 0) is 14.8 Å². The van der Waals surface area contributed by atoms with Crippen LogP contribution in [-0.4, -0.2) is 33.2 Å². The van der Waals surface area contributed by atoms with E-state index in [0.717, 1.165) is 22.9 Å². The molecule has 0 aliphatic rings. The highest BCUT2D eigenvalue weighted by atomic mass is 32.2. The van der Waals surface area contributed by atoms with Gasteiger partial charge in [0.25, 0.3) is 0 Å². The first-order valence-electron chi connectivity index (χ1n) is 10.6. The Morgan fingerprint density at radius 3 is 2.13 bits per heavy atom. The number of carbonyl (C=O) groups is 1. The number of nitrogens with zero attached hydrogens (tertiary/aromatic N) is 1. The summed E-state index contributed by atoms with van der Waals surface area (Å²) in [6.07, 6.45) is 1.46. The number of sulfonamides is 1. The molecule has 7 heteroatoms. The van der Waals surface area contributed by atoms with Crippen molar-refractivity contribution in [2.45, 2.75) is 60.0 Å². The lowest BCUT2D eigenvalue weighted by Gasteiger charge is -2.31. The van der Waals surface area contributed by atoms with Gasteiger partial charge in [-0.15, -0.1) is 0 Å². The Morgan fingerprint density at radius 1 is 1.03 bits per heavy atom. The molecule has 0 aliphatic carbocycles. The molecule has 1 amide bonds. The minimum Gasteiger partial charge on any atom is -0.494 e. The molecule has 170 valence electrons. The highest BCUT2D eigenvalue weighted by molar-refractivity contribution is 7.92. The van der Waals surface area contributed by atoms with Gasteiger partial charge in [0, 0.05) is 0 Å². The fraction of sp³-hybridized carbons (Fsp3) is 0.458. The Labute approximate surface area is 186 Å². The van der Waals surface area contributed by atoms with E-state index < -0.39 is 16.1 Å². The lowest BCUT2D eigenvalue weighted by atomic mass is 9.96. The molecule has 0 aromatic heterocycles.